The van der Waals surface area contributed by atoms with Crippen molar-refractivity contribution < 1.29 is 9.53 Å². The number of hydrogen-bond acceptors (Lipinski definition) is 2. The molecule has 96 valence electrons. The molecular formula is C16H20O2. The van der Waals surface area contributed by atoms with Crippen LogP contribution >= 0.6 is 0 Å². The molecule has 0 saturated carbocycles. The van der Waals surface area contributed by atoms with E-state index in [2.05, 4.69) is 5.73 Å². The Balaban J connectivity index is 2.96. The summed E-state index contributed by atoms with van der Waals surface area (Å²) < 4.78 is 5.05. The molecule has 0 heterocycles. The Labute approximate surface area is 109 Å². The van der Waals surface area contributed by atoms with Crippen molar-refractivity contribution in [3.8, 4) is 0 Å². The van der Waals surface area contributed by atoms with Crippen molar-refractivity contribution in [2.45, 2.75) is 33.6 Å². The molecule has 0 bridgehead atoms. The highest BCUT2D eigenvalue weighted by Gasteiger charge is 2.11. The van der Waals surface area contributed by atoms with E-state index in [4.69, 9.17) is 4.74 Å². The molecule has 2 heteroatoms. The smallest absolute Gasteiger partial charge is 0.342 e. The fraction of sp³-hybridized carbons (Fsp3) is 0.375. The van der Waals surface area contributed by atoms with Crippen molar-refractivity contribution in [3.63, 3.8) is 0 Å². The number of ether oxygens (including phenoxy) is 1. The molecule has 0 aliphatic heterocycles. The van der Waals surface area contributed by atoms with Gasteiger partial charge in [0.15, 0.2) is 0 Å². The first kappa shape index (κ1) is 14.3. The lowest BCUT2D eigenvalue weighted by molar-refractivity contribution is -0.138. The molecule has 0 aromatic heterocycles. The Morgan fingerprint density at radius 3 is 2.67 bits per heavy atom. The minimum absolute atomic E-state index is 0.273. The van der Waals surface area contributed by atoms with Crippen LogP contribution in [0.5, 0.6) is 0 Å². The predicted molar refractivity (Wildman–Crippen MR) is 73.4 cm³/mol. The van der Waals surface area contributed by atoms with Gasteiger partial charge < -0.3 is 4.74 Å². The van der Waals surface area contributed by atoms with E-state index in [-0.39, 0.29) is 5.97 Å². The molecule has 1 rings (SSSR count). The molecule has 0 spiro atoms. The average Bonchev–Trinajstić information content (AvgIpc) is 2.36. The number of aryl methyl sites for hydroxylation is 1. The van der Waals surface area contributed by atoms with E-state index in [1.54, 1.807) is 0 Å². The minimum atomic E-state index is -0.273. The maximum Gasteiger partial charge on any atom is 0.342 e. The van der Waals surface area contributed by atoms with Gasteiger partial charge in [-0.15, -0.1) is 5.73 Å². The van der Waals surface area contributed by atoms with Gasteiger partial charge in [-0.1, -0.05) is 31.2 Å². The van der Waals surface area contributed by atoms with E-state index in [1.165, 1.54) is 5.56 Å². The van der Waals surface area contributed by atoms with Crippen LogP contribution in [-0.2, 0) is 16.0 Å². The highest BCUT2D eigenvalue weighted by molar-refractivity contribution is 5.88. The van der Waals surface area contributed by atoms with E-state index >= 15 is 0 Å². The Bertz CT molecular complexity index is 466. The van der Waals surface area contributed by atoms with Gasteiger partial charge in [-0.3, -0.25) is 0 Å². The zero-order chi connectivity index (χ0) is 13.4. The van der Waals surface area contributed by atoms with Crippen LogP contribution in [0.2, 0.25) is 0 Å². The number of carbonyl (C=O) groups excluding carboxylic acids is 1. The first-order chi connectivity index (χ1) is 8.69. The molecule has 1 aromatic rings. The lowest BCUT2D eigenvalue weighted by Gasteiger charge is -2.07. The second kappa shape index (κ2) is 7.52. The zero-order valence-corrected chi connectivity index (χ0v) is 11.3. The van der Waals surface area contributed by atoms with E-state index in [9.17, 15) is 4.79 Å². The van der Waals surface area contributed by atoms with Gasteiger partial charge in [0, 0.05) is 6.42 Å². The van der Waals surface area contributed by atoms with Crippen LogP contribution in [0.3, 0.4) is 0 Å². The summed E-state index contributed by atoms with van der Waals surface area (Å²) in [5.41, 5.74) is 5.95. The number of hydrogen-bond donors (Lipinski definition) is 0. The van der Waals surface area contributed by atoms with Crippen molar-refractivity contribution in [1.82, 2.24) is 0 Å². The average molecular weight is 244 g/mol. The van der Waals surface area contributed by atoms with Crippen molar-refractivity contribution in [2.75, 3.05) is 6.61 Å². The lowest BCUT2D eigenvalue weighted by atomic mass is 10.0. The summed E-state index contributed by atoms with van der Waals surface area (Å²) in [6, 6.07) is 8.05. The zero-order valence-electron chi connectivity index (χ0n) is 11.3. The molecule has 1 aromatic carbocycles. The van der Waals surface area contributed by atoms with Gasteiger partial charge in [0.25, 0.3) is 0 Å². The molecule has 0 unspecified atom stereocenters. The molecule has 0 fully saturated rings. The molecule has 0 aliphatic carbocycles. The summed E-state index contributed by atoms with van der Waals surface area (Å²) >= 11 is 0. The number of rotatable bonds is 5. The van der Waals surface area contributed by atoms with Gasteiger partial charge >= 0.3 is 5.97 Å². The fourth-order valence-electron chi connectivity index (χ4n) is 1.62. The largest absolute Gasteiger partial charge is 0.462 e. The van der Waals surface area contributed by atoms with E-state index in [1.807, 2.05) is 51.1 Å². The summed E-state index contributed by atoms with van der Waals surface area (Å²) in [7, 11) is 0. The van der Waals surface area contributed by atoms with Crippen LogP contribution in [0.25, 0.3) is 0 Å². The monoisotopic (exact) mass is 244 g/mol. The van der Waals surface area contributed by atoms with Crippen LogP contribution in [-0.4, -0.2) is 12.6 Å². The second-order valence-electron chi connectivity index (χ2n) is 4.06. The summed E-state index contributed by atoms with van der Waals surface area (Å²) in [4.78, 5) is 11.8. The molecule has 2 nitrogen and oxygen atoms in total. The summed E-state index contributed by atoms with van der Waals surface area (Å²) in [5, 5.41) is 0. The molecule has 0 atom stereocenters. The SMILES string of the molecule is CCC=C=C(Cc1ccccc1C)C(=O)OCC. The Morgan fingerprint density at radius 2 is 2.06 bits per heavy atom. The molecule has 18 heavy (non-hydrogen) atoms. The number of esters is 1. The van der Waals surface area contributed by atoms with E-state index in [0.717, 1.165) is 12.0 Å². The lowest BCUT2D eigenvalue weighted by Crippen LogP contribution is -2.09. The number of benzene rings is 1. The first-order valence-corrected chi connectivity index (χ1v) is 6.34. The Kier molecular flexibility index (Phi) is 5.96. The molecule has 0 amide bonds. The standard InChI is InChI=1S/C16H20O2/c1-4-6-10-15(16(17)18-5-2)12-14-11-8-7-9-13(14)3/h6-9,11H,4-5,12H2,1-3H3. The van der Waals surface area contributed by atoms with Gasteiger partial charge in [0.1, 0.15) is 0 Å². The van der Waals surface area contributed by atoms with Crippen molar-refractivity contribution >= 4 is 5.97 Å². The first-order valence-electron chi connectivity index (χ1n) is 6.34. The normalized spacial score (nSPS) is 9.50. The Hall–Kier alpha value is -1.79. The highest BCUT2D eigenvalue weighted by Crippen LogP contribution is 2.13. The molecule has 0 radical (unpaired) electrons. The summed E-state index contributed by atoms with van der Waals surface area (Å²) in [6.07, 6.45) is 3.29. The third-order valence-electron chi connectivity index (χ3n) is 2.63. The van der Waals surface area contributed by atoms with Crippen molar-refractivity contribution in [3.05, 3.63) is 52.8 Å². The van der Waals surface area contributed by atoms with E-state index < -0.39 is 0 Å². The maximum atomic E-state index is 11.8. The van der Waals surface area contributed by atoms with Crippen LogP contribution in [0.1, 0.15) is 31.4 Å². The molecular weight excluding hydrogens is 224 g/mol. The van der Waals surface area contributed by atoms with Crippen LogP contribution in [0.4, 0.5) is 0 Å². The summed E-state index contributed by atoms with van der Waals surface area (Å²) in [6.45, 7) is 6.27. The third kappa shape index (κ3) is 4.23. The van der Waals surface area contributed by atoms with Gasteiger partial charge in [0.2, 0.25) is 0 Å². The summed E-state index contributed by atoms with van der Waals surface area (Å²) in [5.74, 6) is -0.273. The third-order valence-corrected chi connectivity index (χ3v) is 2.63. The highest BCUT2D eigenvalue weighted by atomic mass is 16.5. The topological polar surface area (TPSA) is 26.3 Å². The molecule has 0 aliphatic rings. The van der Waals surface area contributed by atoms with Crippen molar-refractivity contribution in [1.29, 1.82) is 0 Å². The van der Waals surface area contributed by atoms with Gasteiger partial charge in [0.05, 0.1) is 12.2 Å². The van der Waals surface area contributed by atoms with Crippen molar-refractivity contribution in [2.24, 2.45) is 0 Å². The quantitative estimate of drug-likeness (QED) is 0.449. The minimum Gasteiger partial charge on any atom is -0.462 e. The van der Waals surface area contributed by atoms with E-state index in [0.29, 0.717) is 18.6 Å². The number of carbonyl (C=O) groups is 1. The van der Waals surface area contributed by atoms with Crippen LogP contribution < -0.4 is 0 Å². The Morgan fingerprint density at radius 1 is 1.33 bits per heavy atom. The van der Waals surface area contributed by atoms with Gasteiger partial charge in [-0.2, -0.15) is 0 Å². The molecule has 0 N–H and O–H groups in total. The van der Waals surface area contributed by atoms with Crippen LogP contribution in [0, 0.1) is 6.92 Å². The predicted octanol–water partition coefficient (Wildman–Crippen LogP) is 3.59. The second-order valence-corrected chi connectivity index (χ2v) is 4.06. The van der Waals surface area contributed by atoms with Gasteiger partial charge in [-0.05, 0) is 37.5 Å². The maximum absolute atomic E-state index is 11.8. The van der Waals surface area contributed by atoms with Gasteiger partial charge in [-0.25, -0.2) is 4.79 Å². The van der Waals surface area contributed by atoms with Crippen LogP contribution in [0.15, 0.2) is 41.6 Å². The fourth-order valence-corrected chi connectivity index (χ4v) is 1.62. The molecule has 0 saturated heterocycles.